The second kappa shape index (κ2) is 7.46. The van der Waals surface area contributed by atoms with Crippen LogP contribution in [-0.4, -0.2) is 18.6 Å². The zero-order valence-electron chi connectivity index (χ0n) is 14.5. The summed E-state index contributed by atoms with van der Waals surface area (Å²) in [4.78, 5) is 29.3. The largest absolute Gasteiger partial charge is 0.450 e. The van der Waals surface area contributed by atoms with Crippen molar-refractivity contribution in [2.45, 2.75) is 16.7 Å². The maximum Gasteiger partial charge on any atom is 0.411 e. The highest BCUT2D eigenvalue weighted by Gasteiger charge is 2.29. The van der Waals surface area contributed by atoms with E-state index in [2.05, 4.69) is 5.32 Å². The van der Waals surface area contributed by atoms with Gasteiger partial charge in [-0.1, -0.05) is 30.0 Å². The van der Waals surface area contributed by atoms with Gasteiger partial charge in [0.2, 0.25) is 0 Å². The van der Waals surface area contributed by atoms with Crippen LogP contribution in [0.2, 0.25) is 0 Å². The molecule has 136 valence electrons. The van der Waals surface area contributed by atoms with Crippen LogP contribution in [0.3, 0.4) is 0 Å². The summed E-state index contributed by atoms with van der Waals surface area (Å²) in [7, 11) is 0. The number of amides is 2. The Bertz CT molecular complexity index is 1000. The molecule has 1 aromatic heterocycles. The Balaban J connectivity index is 1.78. The van der Waals surface area contributed by atoms with E-state index in [0.717, 1.165) is 21.2 Å². The van der Waals surface area contributed by atoms with Crippen LogP contribution < -0.4 is 10.2 Å². The first kappa shape index (κ1) is 17.6. The molecule has 0 saturated carbocycles. The molecule has 0 radical (unpaired) electrons. The third-order valence-corrected chi connectivity index (χ3v) is 5.97. The van der Waals surface area contributed by atoms with Crippen LogP contribution >= 0.6 is 23.1 Å². The van der Waals surface area contributed by atoms with Crippen LogP contribution in [0.4, 0.5) is 21.9 Å². The number of nitrogens with zero attached hydrogens (tertiary/aromatic N) is 1. The zero-order valence-corrected chi connectivity index (χ0v) is 16.1. The Morgan fingerprint density at radius 1 is 1.04 bits per heavy atom. The molecule has 2 aromatic carbocycles. The van der Waals surface area contributed by atoms with Crippen molar-refractivity contribution in [1.82, 2.24) is 0 Å². The van der Waals surface area contributed by atoms with E-state index in [1.807, 2.05) is 53.9 Å². The number of carbonyl (C=O) groups is 2. The van der Waals surface area contributed by atoms with E-state index >= 15 is 0 Å². The molecule has 1 aliphatic heterocycles. The fourth-order valence-corrected chi connectivity index (χ4v) is 4.54. The molecular weight excluding hydrogens is 380 g/mol. The number of thiophene rings is 1. The van der Waals surface area contributed by atoms with Crippen molar-refractivity contribution in [3.63, 3.8) is 0 Å². The van der Waals surface area contributed by atoms with Crippen LogP contribution in [0.5, 0.6) is 0 Å². The normalized spacial score (nSPS) is 12.1. The predicted octanol–water partition coefficient (Wildman–Crippen LogP) is 5.76. The van der Waals surface area contributed by atoms with Crippen molar-refractivity contribution in [3.8, 4) is 0 Å². The first-order valence-electron chi connectivity index (χ1n) is 8.40. The second-order valence-electron chi connectivity index (χ2n) is 5.72. The Labute approximate surface area is 165 Å². The van der Waals surface area contributed by atoms with Gasteiger partial charge >= 0.3 is 6.09 Å². The minimum absolute atomic E-state index is 0.0905. The fraction of sp³-hybridized carbons (Fsp3) is 0.100. The van der Waals surface area contributed by atoms with Crippen LogP contribution in [0.25, 0.3) is 0 Å². The predicted molar refractivity (Wildman–Crippen MR) is 108 cm³/mol. The van der Waals surface area contributed by atoms with Crippen LogP contribution in [0, 0.1) is 0 Å². The topological polar surface area (TPSA) is 58.6 Å². The molecule has 1 N–H and O–H groups in total. The maximum absolute atomic E-state index is 13.2. The highest BCUT2D eigenvalue weighted by molar-refractivity contribution is 7.99. The number of para-hydroxylation sites is 1. The lowest BCUT2D eigenvalue weighted by Gasteiger charge is -2.31. The van der Waals surface area contributed by atoms with E-state index in [1.54, 1.807) is 29.7 Å². The first-order valence-corrected chi connectivity index (χ1v) is 10.1. The van der Waals surface area contributed by atoms with E-state index < -0.39 is 6.09 Å². The zero-order chi connectivity index (χ0) is 18.8. The number of nitrogens with one attached hydrogen (secondary N) is 1. The Morgan fingerprint density at radius 2 is 1.85 bits per heavy atom. The quantitative estimate of drug-likeness (QED) is 0.611. The summed E-state index contributed by atoms with van der Waals surface area (Å²) in [6.07, 6.45) is -0.516. The number of fused-ring (bicyclic) bond motifs is 2. The average molecular weight is 396 g/mol. The molecule has 0 unspecified atom stereocenters. The number of carbonyl (C=O) groups excluding carboxylic acids is 2. The van der Waals surface area contributed by atoms with Crippen LogP contribution in [0.15, 0.2) is 69.8 Å². The highest BCUT2D eigenvalue weighted by atomic mass is 32.2. The molecule has 3 aromatic rings. The molecular formula is C20H16N2O3S2. The number of ether oxygens (including phenoxy) is 1. The van der Waals surface area contributed by atoms with Gasteiger partial charge < -0.3 is 4.74 Å². The van der Waals surface area contributed by atoms with Gasteiger partial charge in [-0.05, 0) is 48.7 Å². The molecule has 7 heteroatoms. The van der Waals surface area contributed by atoms with Crippen LogP contribution in [0.1, 0.15) is 16.6 Å². The SMILES string of the molecule is CCOC(=O)Nc1ccc2c(c1)N(C(=O)c1cccs1)c1ccccc1S2. The van der Waals surface area contributed by atoms with Crippen LogP contribution in [-0.2, 0) is 4.74 Å². The number of hydrogen-bond donors (Lipinski definition) is 1. The Morgan fingerprint density at radius 3 is 2.63 bits per heavy atom. The van der Waals surface area contributed by atoms with Crippen molar-refractivity contribution in [2.24, 2.45) is 0 Å². The fourth-order valence-electron chi connectivity index (χ4n) is 2.85. The molecule has 2 heterocycles. The molecule has 0 aliphatic carbocycles. The Hall–Kier alpha value is -2.77. The third kappa shape index (κ3) is 3.43. The summed E-state index contributed by atoms with van der Waals surface area (Å²) in [5.74, 6) is -0.0905. The molecule has 0 atom stereocenters. The molecule has 0 saturated heterocycles. The first-order chi connectivity index (χ1) is 13.2. The van der Waals surface area contributed by atoms with Gasteiger partial charge in [0.15, 0.2) is 0 Å². The average Bonchev–Trinajstić information content (AvgIpc) is 3.20. The van der Waals surface area contributed by atoms with E-state index in [1.165, 1.54) is 11.3 Å². The summed E-state index contributed by atoms with van der Waals surface area (Å²) in [5.41, 5.74) is 2.16. The van der Waals surface area contributed by atoms with E-state index in [-0.39, 0.29) is 5.91 Å². The van der Waals surface area contributed by atoms with Gasteiger partial charge in [0.25, 0.3) is 5.91 Å². The monoisotopic (exact) mass is 396 g/mol. The van der Waals surface area contributed by atoms with Crippen molar-refractivity contribution in [2.75, 3.05) is 16.8 Å². The van der Waals surface area contributed by atoms with Gasteiger partial charge in [0.05, 0.1) is 22.9 Å². The minimum Gasteiger partial charge on any atom is -0.450 e. The molecule has 0 fully saturated rings. The highest BCUT2D eigenvalue weighted by Crippen LogP contribution is 2.49. The number of hydrogen-bond acceptors (Lipinski definition) is 5. The third-order valence-electron chi connectivity index (χ3n) is 3.98. The van der Waals surface area contributed by atoms with Crippen molar-refractivity contribution in [1.29, 1.82) is 0 Å². The van der Waals surface area contributed by atoms with Gasteiger partial charge in [0.1, 0.15) is 0 Å². The summed E-state index contributed by atoms with van der Waals surface area (Å²) in [6, 6.07) is 17.0. The van der Waals surface area contributed by atoms with E-state index in [4.69, 9.17) is 4.74 Å². The van der Waals surface area contributed by atoms with Gasteiger partial charge in [-0.15, -0.1) is 11.3 Å². The minimum atomic E-state index is -0.516. The second-order valence-corrected chi connectivity index (χ2v) is 7.75. The lowest BCUT2D eigenvalue weighted by molar-refractivity contribution is 0.100. The van der Waals surface area contributed by atoms with Crippen molar-refractivity contribution in [3.05, 3.63) is 64.9 Å². The molecule has 27 heavy (non-hydrogen) atoms. The van der Waals surface area contributed by atoms with Crippen molar-refractivity contribution < 1.29 is 14.3 Å². The number of anilines is 3. The summed E-state index contributed by atoms with van der Waals surface area (Å²) in [6.45, 7) is 2.05. The maximum atomic E-state index is 13.2. The Kier molecular flexibility index (Phi) is 4.87. The smallest absolute Gasteiger partial charge is 0.411 e. The molecule has 0 spiro atoms. The lowest BCUT2D eigenvalue weighted by atomic mass is 10.2. The van der Waals surface area contributed by atoms with Crippen molar-refractivity contribution >= 4 is 52.2 Å². The number of benzene rings is 2. The van der Waals surface area contributed by atoms with Gasteiger partial charge in [-0.3, -0.25) is 15.0 Å². The van der Waals surface area contributed by atoms with E-state index in [9.17, 15) is 9.59 Å². The number of rotatable bonds is 3. The molecule has 0 bridgehead atoms. The van der Waals surface area contributed by atoms with Gasteiger partial charge in [0, 0.05) is 15.5 Å². The summed E-state index contributed by atoms with van der Waals surface area (Å²) in [5, 5.41) is 4.59. The van der Waals surface area contributed by atoms with Gasteiger partial charge in [-0.25, -0.2) is 4.79 Å². The summed E-state index contributed by atoms with van der Waals surface area (Å²) >= 11 is 3.01. The molecule has 2 amide bonds. The molecule has 1 aliphatic rings. The standard InChI is InChI=1S/C20H16N2O3S2/c1-2-25-20(24)21-13-9-10-17-15(12-13)22(19(23)18-8-5-11-26-18)14-6-3-4-7-16(14)27-17/h3-12H,2H2,1H3,(H,21,24). The summed E-state index contributed by atoms with van der Waals surface area (Å²) < 4.78 is 4.95. The van der Waals surface area contributed by atoms with Gasteiger partial charge in [-0.2, -0.15) is 0 Å². The lowest BCUT2D eigenvalue weighted by Crippen LogP contribution is -2.28. The molecule has 5 nitrogen and oxygen atoms in total. The molecule has 4 rings (SSSR count). The van der Waals surface area contributed by atoms with E-state index in [0.29, 0.717) is 17.2 Å².